The van der Waals surface area contributed by atoms with Crippen LogP contribution >= 0.6 is 0 Å². The Labute approximate surface area is 370 Å². The summed E-state index contributed by atoms with van der Waals surface area (Å²) in [6, 6.07) is 51.4. The highest BCUT2D eigenvalue weighted by Crippen LogP contribution is 2.45. The molecule has 64 heavy (non-hydrogen) atoms. The molecule has 0 radical (unpaired) electrons. The maximum absolute atomic E-state index is 13.8. The molecule has 12 nitrogen and oxygen atoms in total. The molecule has 1 saturated heterocycles. The molecule has 1 aromatic heterocycles. The van der Waals surface area contributed by atoms with Gasteiger partial charge in [0.2, 0.25) is 0 Å². The van der Waals surface area contributed by atoms with Gasteiger partial charge in [0, 0.05) is 24.1 Å². The second-order valence-electron chi connectivity index (χ2n) is 15.4. The second kappa shape index (κ2) is 18.4. The number of nitrogens with zero attached hydrogens (tertiary/aromatic N) is 2. The van der Waals surface area contributed by atoms with Crippen LogP contribution in [0.4, 0.5) is 10.6 Å². The van der Waals surface area contributed by atoms with E-state index in [1.807, 2.05) is 115 Å². The average molecular weight is 856 g/mol. The molecule has 0 unspecified atom stereocenters. The first kappa shape index (κ1) is 41.8. The second-order valence-corrected chi connectivity index (χ2v) is 15.4. The lowest BCUT2D eigenvalue weighted by Gasteiger charge is -2.37. The van der Waals surface area contributed by atoms with Crippen LogP contribution in [0, 0.1) is 0 Å². The summed E-state index contributed by atoms with van der Waals surface area (Å²) in [6.07, 6.45) is -2.06. The lowest BCUT2D eigenvalue weighted by Crippen LogP contribution is -2.39. The van der Waals surface area contributed by atoms with Crippen LogP contribution in [0.15, 0.2) is 175 Å². The molecule has 0 saturated carbocycles. The fourth-order valence-electron chi connectivity index (χ4n) is 8.65. The first-order valence-electron chi connectivity index (χ1n) is 21.0. The fourth-order valence-corrected chi connectivity index (χ4v) is 8.65. The van der Waals surface area contributed by atoms with Gasteiger partial charge in [-0.2, -0.15) is 4.98 Å². The lowest BCUT2D eigenvalue weighted by molar-refractivity contribution is -0.0997. The molecule has 0 bridgehead atoms. The number of ether oxygens (including phenoxy) is 6. The maximum atomic E-state index is 13.8. The van der Waals surface area contributed by atoms with Crippen LogP contribution in [-0.2, 0) is 24.5 Å². The van der Waals surface area contributed by atoms with Crippen molar-refractivity contribution in [3.05, 3.63) is 214 Å². The Morgan fingerprint density at radius 2 is 1.23 bits per heavy atom. The number of anilines is 1. The number of aromatic nitrogens is 2. The van der Waals surface area contributed by atoms with E-state index in [-0.39, 0.29) is 31.4 Å². The zero-order valence-corrected chi connectivity index (χ0v) is 35.2. The third-order valence-electron chi connectivity index (χ3n) is 11.8. The highest BCUT2D eigenvalue weighted by Gasteiger charge is 2.44. The Kier molecular flexibility index (Phi) is 12.0. The van der Waals surface area contributed by atoms with Crippen molar-refractivity contribution < 1.29 is 38.0 Å². The van der Waals surface area contributed by atoms with Gasteiger partial charge in [-0.1, -0.05) is 121 Å². The van der Waals surface area contributed by atoms with Gasteiger partial charge in [0.1, 0.15) is 48.0 Å². The molecule has 1 aliphatic carbocycles. The van der Waals surface area contributed by atoms with Gasteiger partial charge in [0.15, 0.2) is 0 Å². The quantitative estimate of drug-likeness (QED) is 0.0833. The number of carbonyl (C=O) groups is 2. The molecule has 7 aromatic rings. The van der Waals surface area contributed by atoms with E-state index in [0.717, 1.165) is 38.9 Å². The van der Waals surface area contributed by atoms with E-state index < -0.39 is 41.8 Å². The summed E-state index contributed by atoms with van der Waals surface area (Å²) in [4.78, 5) is 44.5. The third kappa shape index (κ3) is 8.36. The van der Waals surface area contributed by atoms with Crippen LogP contribution in [0.25, 0.3) is 11.1 Å². The Morgan fingerprint density at radius 1 is 0.688 bits per heavy atom. The lowest BCUT2D eigenvalue weighted by atomic mass is 9.80. The summed E-state index contributed by atoms with van der Waals surface area (Å²) in [6.45, 7) is -0.0468. The number of methoxy groups -OCH3 is 2. The minimum atomic E-state index is -1.22. The van der Waals surface area contributed by atoms with E-state index in [1.165, 1.54) is 16.8 Å². The molecule has 3 atom stereocenters. The number of nitrogens with one attached hydrogen (secondary N) is 1. The molecule has 322 valence electrons. The van der Waals surface area contributed by atoms with Gasteiger partial charge in [-0.05, 0) is 81.4 Å². The minimum absolute atomic E-state index is 0.0522. The molecule has 12 heteroatoms. The van der Waals surface area contributed by atoms with Crippen LogP contribution in [-0.4, -0.2) is 61.3 Å². The molecule has 0 spiro atoms. The van der Waals surface area contributed by atoms with E-state index in [4.69, 9.17) is 28.4 Å². The van der Waals surface area contributed by atoms with Crippen LogP contribution < -0.4 is 20.5 Å². The monoisotopic (exact) mass is 855 g/mol. The fraction of sp³-hybridized carbons (Fsp3) is 0.192. The van der Waals surface area contributed by atoms with Crippen molar-refractivity contribution in [3.63, 3.8) is 0 Å². The van der Waals surface area contributed by atoms with Crippen molar-refractivity contribution in [2.75, 3.05) is 32.8 Å². The van der Waals surface area contributed by atoms with Gasteiger partial charge in [0.25, 0.3) is 5.91 Å². The number of benzene rings is 6. The summed E-state index contributed by atoms with van der Waals surface area (Å²) >= 11 is 0. The maximum Gasteiger partial charge on any atom is 0.508 e. The molecule has 1 fully saturated rings. The van der Waals surface area contributed by atoms with Gasteiger partial charge in [-0.15, -0.1) is 0 Å². The van der Waals surface area contributed by atoms with Crippen LogP contribution in [0.2, 0.25) is 0 Å². The Bertz CT molecular complexity index is 2700. The zero-order chi connectivity index (χ0) is 44.0. The van der Waals surface area contributed by atoms with Crippen molar-refractivity contribution in [2.45, 2.75) is 36.4 Å². The minimum Gasteiger partial charge on any atom is -0.497 e. The molecule has 1 amide bonds. The normalized spacial score (nSPS) is 16.6. The van der Waals surface area contributed by atoms with Crippen molar-refractivity contribution in [2.24, 2.45) is 0 Å². The van der Waals surface area contributed by atoms with Crippen molar-refractivity contribution >= 4 is 17.9 Å². The number of amides is 1. The van der Waals surface area contributed by atoms with E-state index >= 15 is 0 Å². The topological polar surface area (TPSA) is 136 Å². The standard InChI is InChI=1S/C52H45N3O9/c1-59-38-25-21-36(22-26-38)52(35-15-7-4-8-16-35,37-23-27-39(60-2)28-24-37)62-33-46-45(64-51(58)61-32-44-42-19-11-9-17-40(42)41-18-10-12-20-43(41)44)31-48(63-46)55-30-29-47(54-50(55)57)53-49(56)34-13-5-3-6-14-34/h3-30,44-46,48H,31-33H2,1-2H3,(H,53,54,56,57)/t45-,46+,48+/m0/s1. The highest BCUT2D eigenvalue weighted by molar-refractivity contribution is 6.03. The smallest absolute Gasteiger partial charge is 0.497 e. The number of rotatable bonds is 14. The van der Waals surface area contributed by atoms with Gasteiger partial charge in [-0.25, -0.2) is 9.59 Å². The molecule has 6 aromatic carbocycles. The van der Waals surface area contributed by atoms with Crippen molar-refractivity contribution in [3.8, 4) is 22.6 Å². The number of hydrogen-bond acceptors (Lipinski definition) is 10. The molecule has 2 aliphatic rings. The molecular formula is C52H45N3O9. The van der Waals surface area contributed by atoms with E-state index in [2.05, 4.69) is 22.4 Å². The molecule has 9 rings (SSSR count). The predicted octanol–water partition coefficient (Wildman–Crippen LogP) is 9.14. The zero-order valence-electron chi connectivity index (χ0n) is 35.2. The van der Waals surface area contributed by atoms with Gasteiger partial charge < -0.3 is 33.7 Å². The number of fused-ring (bicyclic) bond motifs is 3. The molecule has 1 N–H and O–H groups in total. The highest BCUT2D eigenvalue weighted by atomic mass is 16.7. The summed E-state index contributed by atoms with van der Waals surface area (Å²) in [5.41, 5.74) is 5.27. The van der Waals surface area contributed by atoms with E-state index in [9.17, 15) is 14.4 Å². The van der Waals surface area contributed by atoms with Crippen molar-refractivity contribution in [1.29, 1.82) is 0 Å². The average Bonchev–Trinajstić information content (AvgIpc) is 3.89. The number of hydrogen-bond donors (Lipinski definition) is 1. The summed E-state index contributed by atoms with van der Waals surface area (Å²) in [5.74, 6) is 0.822. The Balaban J connectivity index is 1.02. The van der Waals surface area contributed by atoms with Crippen LogP contribution in [0.1, 0.15) is 56.7 Å². The third-order valence-corrected chi connectivity index (χ3v) is 11.8. The SMILES string of the molecule is COc1ccc(C(OC[C@H]2O[C@@H](n3ccc(NC(=O)c4ccccc4)nc3=O)C[C@@H]2OC(=O)OCC2c3ccccc3-c3ccccc32)(c2ccccc2)c2ccc(OC)cc2)cc1. The van der Waals surface area contributed by atoms with Gasteiger partial charge >= 0.3 is 11.8 Å². The molecule has 1 aliphatic heterocycles. The molecular weight excluding hydrogens is 811 g/mol. The Morgan fingerprint density at radius 3 is 1.81 bits per heavy atom. The van der Waals surface area contributed by atoms with Crippen LogP contribution in [0.3, 0.4) is 0 Å². The summed E-state index contributed by atoms with van der Waals surface area (Å²) in [7, 11) is 3.22. The summed E-state index contributed by atoms with van der Waals surface area (Å²) < 4.78 is 38.2. The van der Waals surface area contributed by atoms with Crippen LogP contribution in [0.5, 0.6) is 11.5 Å². The molecule has 2 heterocycles. The van der Waals surface area contributed by atoms with E-state index in [0.29, 0.717) is 17.1 Å². The first-order valence-corrected chi connectivity index (χ1v) is 21.0. The van der Waals surface area contributed by atoms with Gasteiger partial charge in [0.05, 0.1) is 20.8 Å². The predicted molar refractivity (Wildman–Crippen MR) is 240 cm³/mol. The van der Waals surface area contributed by atoms with E-state index in [1.54, 1.807) is 44.6 Å². The largest absolute Gasteiger partial charge is 0.508 e. The first-order chi connectivity index (χ1) is 31.3. The number of carbonyl (C=O) groups excluding carboxylic acids is 2. The van der Waals surface area contributed by atoms with Crippen molar-refractivity contribution in [1.82, 2.24) is 9.55 Å². The Hall–Kier alpha value is -7.54. The van der Waals surface area contributed by atoms with Gasteiger partial charge in [-0.3, -0.25) is 9.36 Å². The summed E-state index contributed by atoms with van der Waals surface area (Å²) in [5, 5.41) is 2.68.